The predicted octanol–water partition coefficient (Wildman–Crippen LogP) is 4.14. The molecule has 0 saturated heterocycles. The molecule has 0 unspecified atom stereocenters. The summed E-state index contributed by atoms with van der Waals surface area (Å²) in [6.45, 7) is 7.15. The number of aryl methyl sites for hydroxylation is 4. The Labute approximate surface area is 168 Å². The average Bonchev–Trinajstić information content (AvgIpc) is 3.08. The van der Waals surface area contributed by atoms with Gasteiger partial charge < -0.3 is 9.30 Å². The highest BCUT2D eigenvalue weighted by Crippen LogP contribution is 2.23. The second-order valence-corrected chi connectivity index (χ2v) is 7.19. The van der Waals surface area contributed by atoms with E-state index in [1.54, 1.807) is 14.0 Å². The number of carbonyl (C=O) groups is 2. The van der Waals surface area contributed by atoms with Crippen LogP contribution >= 0.6 is 11.6 Å². The molecule has 2 aromatic heterocycles. The van der Waals surface area contributed by atoms with Crippen molar-refractivity contribution in [3.63, 3.8) is 0 Å². The van der Waals surface area contributed by atoms with E-state index in [0.717, 1.165) is 17.1 Å². The monoisotopic (exact) mass is 399 g/mol. The minimum absolute atomic E-state index is 0.182. The first-order valence-electron chi connectivity index (χ1n) is 8.86. The molecule has 0 amide bonds. The van der Waals surface area contributed by atoms with Gasteiger partial charge in [-0.3, -0.25) is 9.48 Å². The standard InChI is InChI=1S/C21H22ClN3O3/c1-12-6-8-16(9-7-12)25-13(2)10-17(15(25)4)18(26)11-28-21(27)19-14(3)23-24(5)20(19)22/h6-10H,11H2,1-5H3. The number of nitrogens with zero attached hydrogens (tertiary/aromatic N) is 3. The fourth-order valence-corrected chi connectivity index (χ4v) is 3.53. The van der Waals surface area contributed by atoms with Gasteiger partial charge in [0.15, 0.2) is 6.61 Å². The average molecular weight is 400 g/mol. The van der Waals surface area contributed by atoms with Gasteiger partial charge in [-0.05, 0) is 45.9 Å². The summed E-state index contributed by atoms with van der Waals surface area (Å²) in [6, 6.07) is 9.89. The molecule has 0 radical (unpaired) electrons. The van der Waals surface area contributed by atoms with E-state index in [9.17, 15) is 9.59 Å². The van der Waals surface area contributed by atoms with E-state index in [0.29, 0.717) is 11.3 Å². The second-order valence-electron chi connectivity index (χ2n) is 6.83. The van der Waals surface area contributed by atoms with E-state index in [1.165, 1.54) is 10.2 Å². The first-order valence-corrected chi connectivity index (χ1v) is 9.24. The van der Waals surface area contributed by atoms with Crippen LogP contribution in [0.25, 0.3) is 5.69 Å². The molecule has 3 aromatic rings. The molecule has 0 aliphatic carbocycles. The highest BCUT2D eigenvalue weighted by Gasteiger charge is 2.23. The van der Waals surface area contributed by atoms with Gasteiger partial charge >= 0.3 is 5.97 Å². The normalized spacial score (nSPS) is 10.9. The Morgan fingerprint density at radius 1 is 1.11 bits per heavy atom. The van der Waals surface area contributed by atoms with E-state index in [4.69, 9.17) is 16.3 Å². The molecule has 0 fully saturated rings. The highest BCUT2D eigenvalue weighted by atomic mass is 35.5. The summed E-state index contributed by atoms with van der Waals surface area (Å²) in [5.74, 6) is -0.922. The lowest BCUT2D eigenvalue weighted by Gasteiger charge is -2.10. The molecule has 3 rings (SSSR count). The van der Waals surface area contributed by atoms with Gasteiger partial charge in [-0.15, -0.1) is 0 Å². The Hall–Kier alpha value is -2.86. The van der Waals surface area contributed by atoms with Gasteiger partial charge in [0, 0.05) is 29.7 Å². The van der Waals surface area contributed by atoms with Crippen molar-refractivity contribution >= 4 is 23.4 Å². The third-order valence-electron chi connectivity index (χ3n) is 4.71. The summed E-state index contributed by atoms with van der Waals surface area (Å²) < 4.78 is 8.61. The zero-order valence-corrected chi connectivity index (χ0v) is 17.3. The van der Waals surface area contributed by atoms with Crippen molar-refractivity contribution in [3.8, 4) is 5.69 Å². The van der Waals surface area contributed by atoms with E-state index < -0.39 is 5.97 Å². The van der Waals surface area contributed by atoms with Gasteiger partial charge in [-0.25, -0.2) is 4.79 Å². The maximum absolute atomic E-state index is 12.7. The molecule has 1 aromatic carbocycles. The molecule has 0 atom stereocenters. The fraction of sp³-hybridized carbons (Fsp3) is 0.286. The molecule has 146 valence electrons. The van der Waals surface area contributed by atoms with Crippen molar-refractivity contribution in [1.29, 1.82) is 0 Å². The van der Waals surface area contributed by atoms with Gasteiger partial charge in [0.1, 0.15) is 10.7 Å². The first kappa shape index (κ1) is 19.9. The van der Waals surface area contributed by atoms with Crippen molar-refractivity contribution < 1.29 is 14.3 Å². The number of halogens is 1. The van der Waals surface area contributed by atoms with Gasteiger partial charge in [0.2, 0.25) is 5.78 Å². The van der Waals surface area contributed by atoms with Crippen LogP contribution < -0.4 is 0 Å². The molecule has 2 heterocycles. The molecule has 0 bridgehead atoms. The maximum Gasteiger partial charge on any atom is 0.343 e. The molecular formula is C21H22ClN3O3. The number of hydrogen-bond acceptors (Lipinski definition) is 4. The largest absolute Gasteiger partial charge is 0.454 e. The molecule has 0 saturated carbocycles. The number of Topliss-reactive ketones (excluding diaryl/α,β-unsaturated/α-hetero) is 1. The van der Waals surface area contributed by atoms with Crippen LogP contribution in [0, 0.1) is 27.7 Å². The SMILES string of the molecule is Cc1ccc(-n2c(C)cc(C(=O)COC(=O)c3c(C)nn(C)c3Cl)c2C)cc1. The molecular weight excluding hydrogens is 378 g/mol. The van der Waals surface area contributed by atoms with Crippen molar-refractivity contribution in [2.24, 2.45) is 7.05 Å². The Balaban J connectivity index is 1.79. The first-order chi connectivity index (χ1) is 13.2. The van der Waals surface area contributed by atoms with Crippen LogP contribution in [0.15, 0.2) is 30.3 Å². The molecule has 6 nitrogen and oxygen atoms in total. The number of benzene rings is 1. The minimum atomic E-state index is -0.656. The fourth-order valence-electron chi connectivity index (χ4n) is 3.28. The summed E-state index contributed by atoms with van der Waals surface area (Å²) >= 11 is 6.08. The lowest BCUT2D eigenvalue weighted by molar-refractivity contribution is 0.0474. The van der Waals surface area contributed by atoms with Crippen molar-refractivity contribution in [3.05, 3.63) is 69.3 Å². The minimum Gasteiger partial charge on any atom is -0.454 e. The zero-order valence-electron chi connectivity index (χ0n) is 16.5. The molecule has 0 spiro atoms. The third-order valence-corrected chi connectivity index (χ3v) is 5.15. The lowest BCUT2D eigenvalue weighted by atomic mass is 10.1. The Kier molecular flexibility index (Phi) is 5.42. The number of hydrogen-bond donors (Lipinski definition) is 0. The lowest BCUT2D eigenvalue weighted by Crippen LogP contribution is -2.15. The molecule has 0 N–H and O–H groups in total. The Morgan fingerprint density at radius 2 is 1.75 bits per heavy atom. The summed E-state index contributed by atoms with van der Waals surface area (Å²) in [7, 11) is 1.64. The number of ketones is 1. The van der Waals surface area contributed by atoms with E-state index >= 15 is 0 Å². The molecule has 0 aliphatic heterocycles. The molecule has 0 aliphatic rings. The Bertz CT molecular complexity index is 1060. The quantitative estimate of drug-likeness (QED) is 0.477. The van der Waals surface area contributed by atoms with E-state index in [1.807, 2.05) is 55.7 Å². The summed E-state index contributed by atoms with van der Waals surface area (Å²) in [4.78, 5) is 25.0. The summed E-state index contributed by atoms with van der Waals surface area (Å²) in [6.07, 6.45) is 0. The van der Waals surface area contributed by atoms with Crippen LogP contribution in [-0.4, -0.2) is 32.7 Å². The number of ether oxygens (including phenoxy) is 1. The highest BCUT2D eigenvalue weighted by molar-refractivity contribution is 6.32. The van der Waals surface area contributed by atoms with Gasteiger partial charge in [0.05, 0.1) is 5.69 Å². The van der Waals surface area contributed by atoms with Crippen LogP contribution in [0.4, 0.5) is 0 Å². The van der Waals surface area contributed by atoms with Crippen LogP contribution in [0.2, 0.25) is 5.15 Å². The van der Waals surface area contributed by atoms with E-state index in [-0.39, 0.29) is 23.1 Å². The van der Waals surface area contributed by atoms with Crippen molar-refractivity contribution in [2.75, 3.05) is 6.61 Å². The van der Waals surface area contributed by atoms with Crippen molar-refractivity contribution in [1.82, 2.24) is 14.3 Å². The topological polar surface area (TPSA) is 66.1 Å². The predicted molar refractivity (Wildman–Crippen MR) is 108 cm³/mol. The van der Waals surface area contributed by atoms with Crippen LogP contribution in [0.1, 0.15) is 43.4 Å². The second kappa shape index (κ2) is 7.64. The molecule has 7 heteroatoms. The molecule has 28 heavy (non-hydrogen) atoms. The van der Waals surface area contributed by atoms with Crippen LogP contribution in [-0.2, 0) is 11.8 Å². The van der Waals surface area contributed by atoms with Gasteiger partial charge in [-0.1, -0.05) is 29.3 Å². The van der Waals surface area contributed by atoms with Gasteiger partial charge in [-0.2, -0.15) is 5.10 Å². The van der Waals surface area contributed by atoms with Crippen LogP contribution in [0.3, 0.4) is 0 Å². The van der Waals surface area contributed by atoms with E-state index in [2.05, 4.69) is 5.10 Å². The van der Waals surface area contributed by atoms with Gasteiger partial charge in [0.25, 0.3) is 0 Å². The summed E-state index contributed by atoms with van der Waals surface area (Å²) in [5.41, 5.74) is 5.05. The smallest absolute Gasteiger partial charge is 0.343 e. The summed E-state index contributed by atoms with van der Waals surface area (Å²) in [5, 5.41) is 4.27. The van der Waals surface area contributed by atoms with Crippen molar-refractivity contribution in [2.45, 2.75) is 27.7 Å². The maximum atomic E-state index is 12.7. The number of esters is 1. The number of rotatable bonds is 5. The number of aromatic nitrogens is 3. The van der Waals surface area contributed by atoms with Crippen LogP contribution in [0.5, 0.6) is 0 Å². The third kappa shape index (κ3) is 3.60. The Morgan fingerprint density at radius 3 is 2.32 bits per heavy atom. The zero-order chi connectivity index (χ0) is 20.6. The number of carbonyl (C=O) groups excluding carboxylic acids is 2.